The summed E-state index contributed by atoms with van der Waals surface area (Å²) in [5, 5.41) is 4.21. The Morgan fingerprint density at radius 2 is 1.96 bits per heavy atom. The molecule has 3 aromatic rings. The summed E-state index contributed by atoms with van der Waals surface area (Å²) in [5.41, 5.74) is 4.46. The van der Waals surface area contributed by atoms with E-state index in [9.17, 15) is 4.79 Å². The third-order valence-corrected chi connectivity index (χ3v) is 5.69. The standard InChI is InChI=1S/C23H27N3O/c1-17-8-9-19-15-22(25(2)21(19)14-17)23(27)24-11-13-26-12-10-20(16-26)18-6-4-3-5-7-18/h3-9,14-15,20H,10-13,16H2,1-2H3,(H,24,27)/t20-/m1/s1. The van der Waals surface area contributed by atoms with Crippen LogP contribution in [0.2, 0.25) is 0 Å². The number of aryl methyl sites for hydroxylation is 2. The first-order chi connectivity index (χ1) is 13.1. The van der Waals surface area contributed by atoms with Crippen LogP contribution in [0.1, 0.15) is 34.0 Å². The van der Waals surface area contributed by atoms with Crippen molar-refractivity contribution in [2.45, 2.75) is 19.3 Å². The van der Waals surface area contributed by atoms with Gasteiger partial charge in [-0.15, -0.1) is 0 Å². The molecule has 1 N–H and O–H groups in total. The van der Waals surface area contributed by atoms with Crippen LogP contribution in [0.4, 0.5) is 0 Å². The predicted octanol–water partition coefficient (Wildman–Crippen LogP) is 3.71. The first-order valence-corrected chi connectivity index (χ1v) is 9.73. The highest BCUT2D eigenvalue weighted by Crippen LogP contribution is 2.26. The Bertz CT molecular complexity index is 945. The second-order valence-corrected chi connectivity index (χ2v) is 7.60. The van der Waals surface area contributed by atoms with Crippen molar-refractivity contribution in [3.8, 4) is 0 Å². The van der Waals surface area contributed by atoms with Crippen LogP contribution in [0.15, 0.2) is 54.6 Å². The van der Waals surface area contributed by atoms with E-state index in [1.807, 2.05) is 17.7 Å². The zero-order chi connectivity index (χ0) is 18.8. The van der Waals surface area contributed by atoms with Gasteiger partial charge in [-0.05, 0) is 49.1 Å². The monoisotopic (exact) mass is 361 g/mol. The molecule has 4 heteroatoms. The van der Waals surface area contributed by atoms with Crippen molar-refractivity contribution >= 4 is 16.8 Å². The molecule has 4 rings (SSSR count). The molecule has 0 spiro atoms. The summed E-state index contributed by atoms with van der Waals surface area (Å²) in [6.45, 7) is 5.83. The first kappa shape index (κ1) is 17.8. The number of nitrogens with one attached hydrogen (secondary N) is 1. The molecular formula is C23H27N3O. The molecule has 27 heavy (non-hydrogen) atoms. The number of aromatic nitrogens is 1. The van der Waals surface area contributed by atoms with E-state index in [0.717, 1.165) is 36.2 Å². The minimum atomic E-state index is 0.00478. The van der Waals surface area contributed by atoms with Crippen LogP contribution < -0.4 is 5.32 Å². The zero-order valence-electron chi connectivity index (χ0n) is 16.1. The van der Waals surface area contributed by atoms with E-state index < -0.39 is 0 Å². The average molecular weight is 361 g/mol. The summed E-state index contributed by atoms with van der Waals surface area (Å²) in [4.78, 5) is 15.1. The fourth-order valence-corrected chi connectivity index (χ4v) is 4.11. The molecule has 1 saturated heterocycles. The van der Waals surface area contributed by atoms with Gasteiger partial charge in [-0.2, -0.15) is 0 Å². The van der Waals surface area contributed by atoms with Gasteiger partial charge in [-0.3, -0.25) is 4.79 Å². The van der Waals surface area contributed by atoms with Gasteiger partial charge in [0, 0.05) is 37.6 Å². The van der Waals surface area contributed by atoms with E-state index in [1.54, 1.807) is 0 Å². The minimum Gasteiger partial charge on any atom is -0.349 e. The molecule has 0 unspecified atom stereocenters. The largest absolute Gasteiger partial charge is 0.349 e. The fraction of sp³-hybridized carbons (Fsp3) is 0.348. The normalized spacial score (nSPS) is 17.5. The summed E-state index contributed by atoms with van der Waals surface area (Å²) < 4.78 is 1.99. The Morgan fingerprint density at radius 3 is 2.78 bits per heavy atom. The number of amides is 1. The summed E-state index contributed by atoms with van der Waals surface area (Å²) in [6, 6.07) is 19.0. The van der Waals surface area contributed by atoms with E-state index >= 15 is 0 Å². The van der Waals surface area contributed by atoms with E-state index in [-0.39, 0.29) is 5.91 Å². The van der Waals surface area contributed by atoms with Crippen molar-refractivity contribution < 1.29 is 4.79 Å². The average Bonchev–Trinajstić information content (AvgIpc) is 3.28. The van der Waals surface area contributed by atoms with Crippen molar-refractivity contribution in [1.29, 1.82) is 0 Å². The molecule has 2 aromatic carbocycles. The lowest BCUT2D eigenvalue weighted by Crippen LogP contribution is -2.34. The third-order valence-electron chi connectivity index (χ3n) is 5.69. The Kier molecular flexibility index (Phi) is 4.99. The highest BCUT2D eigenvalue weighted by molar-refractivity contribution is 5.98. The molecule has 0 radical (unpaired) electrons. The molecule has 1 aliphatic heterocycles. The van der Waals surface area contributed by atoms with E-state index in [0.29, 0.717) is 12.5 Å². The fourth-order valence-electron chi connectivity index (χ4n) is 4.11. The molecule has 2 heterocycles. The smallest absolute Gasteiger partial charge is 0.267 e. The Balaban J connectivity index is 1.32. The van der Waals surface area contributed by atoms with Crippen LogP contribution in [-0.4, -0.2) is 41.6 Å². The van der Waals surface area contributed by atoms with Gasteiger partial charge >= 0.3 is 0 Å². The molecule has 0 aliphatic carbocycles. The van der Waals surface area contributed by atoms with Gasteiger partial charge in [0.05, 0.1) is 0 Å². The topological polar surface area (TPSA) is 37.3 Å². The lowest BCUT2D eigenvalue weighted by Gasteiger charge is -2.16. The number of hydrogen-bond donors (Lipinski definition) is 1. The SMILES string of the molecule is Cc1ccc2cc(C(=O)NCCN3CC[C@@H](c4ccccc4)C3)n(C)c2c1. The van der Waals surface area contributed by atoms with Gasteiger partial charge in [-0.1, -0.05) is 42.5 Å². The maximum Gasteiger partial charge on any atom is 0.267 e. The van der Waals surface area contributed by atoms with Crippen LogP contribution in [0, 0.1) is 6.92 Å². The van der Waals surface area contributed by atoms with E-state index in [1.165, 1.54) is 17.5 Å². The number of nitrogens with zero attached hydrogens (tertiary/aromatic N) is 2. The van der Waals surface area contributed by atoms with Gasteiger partial charge in [-0.25, -0.2) is 0 Å². The summed E-state index contributed by atoms with van der Waals surface area (Å²) >= 11 is 0. The first-order valence-electron chi connectivity index (χ1n) is 9.73. The Hall–Kier alpha value is -2.59. The van der Waals surface area contributed by atoms with Crippen LogP contribution >= 0.6 is 0 Å². The Labute approximate surface area is 160 Å². The molecular weight excluding hydrogens is 334 g/mol. The Morgan fingerprint density at radius 1 is 1.15 bits per heavy atom. The molecule has 0 bridgehead atoms. The molecule has 1 aromatic heterocycles. The summed E-state index contributed by atoms with van der Waals surface area (Å²) in [6.07, 6.45) is 1.19. The molecule has 1 aliphatic rings. The second kappa shape index (κ2) is 7.57. The number of likely N-dealkylation sites (tertiary alicyclic amines) is 1. The van der Waals surface area contributed by atoms with Gasteiger partial charge in [0.1, 0.15) is 5.69 Å². The lowest BCUT2D eigenvalue weighted by molar-refractivity contribution is 0.0942. The number of hydrogen-bond acceptors (Lipinski definition) is 2. The van der Waals surface area contributed by atoms with Crippen molar-refractivity contribution in [2.24, 2.45) is 7.05 Å². The second-order valence-electron chi connectivity index (χ2n) is 7.60. The van der Waals surface area contributed by atoms with Gasteiger partial charge in [0.15, 0.2) is 0 Å². The van der Waals surface area contributed by atoms with E-state index in [2.05, 4.69) is 65.7 Å². The molecule has 1 fully saturated rings. The predicted molar refractivity (Wildman–Crippen MR) is 110 cm³/mol. The maximum atomic E-state index is 12.6. The molecule has 1 amide bonds. The van der Waals surface area contributed by atoms with Crippen molar-refractivity contribution in [3.05, 3.63) is 71.4 Å². The quantitative estimate of drug-likeness (QED) is 0.752. The number of carbonyl (C=O) groups excluding carboxylic acids is 1. The lowest BCUT2D eigenvalue weighted by atomic mass is 9.99. The van der Waals surface area contributed by atoms with Crippen LogP contribution in [0.3, 0.4) is 0 Å². The zero-order valence-corrected chi connectivity index (χ0v) is 16.1. The summed E-state index contributed by atoms with van der Waals surface area (Å²) in [5.74, 6) is 0.619. The number of benzene rings is 2. The number of fused-ring (bicyclic) bond motifs is 1. The summed E-state index contributed by atoms with van der Waals surface area (Å²) in [7, 11) is 1.96. The van der Waals surface area contributed by atoms with Crippen molar-refractivity contribution in [3.63, 3.8) is 0 Å². The highest BCUT2D eigenvalue weighted by Gasteiger charge is 2.23. The highest BCUT2D eigenvalue weighted by atomic mass is 16.1. The maximum absolute atomic E-state index is 12.6. The molecule has 4 nitrogen and oxygen atoms in total. The van der Waals surface area contributed by atoms with Crippen LogP contribution in [0.5, 0.6) is 0 Å². The number of carbonyl (C=O) groups is 1. The van der Waals surface area contributed by atoms with Crippen LogP contribution in [0.25, 0.3) is 10.9 Å². The van der Waals surface area contributed by atoms with Gasteiger partial charge in [0.25, 0.3) is 5.91 Å². The van der Waals surface area contributed by atoms with Crippen molar-refractivity contribution in [2.75, 3.05) is 26.2 Å². The van der Waals surface area contributed by atoms with Crippen molar-refractivity contribution in [1.82, 2.24) is 14.8 Å². The van der Waals surface area contributed by atoms with Crippen LogP contribution in [-0.2, 0) is 7.05 Å². The van der Waals surface area contributed by atoms with E-state index in [4.69, 9.17) is 0 Å². The third kappa shape index (κ3) is 3.76. The molecule has 1 atom stereocenters. The van der Waals surface area contributed by atoms with Gasteiger partial charge in [0.2, 0.25) is 0 Å². The molecule has 140 valence electrons. The van der Waals surface area contributed by atoms with Gasteiger partial charge < -0.3 is 14.8 Å². The minimum absolute atomic E-state index is 0.00478. The number of rotatable bonds is 5. The molecule has 0 saturated carbocycles.